The third-order valence-electron chi connectivity index (χ3n) is 1.22. The Bertz CT molecular complexity index is 312. The van der Waals surface area contributed by atoms with E-state index >= 15 is 0 Å². The molecule has 0 heterocycles. The molecule has 1 atom stereocenters. The second kappa shape index (κ2) is 6.58. The summed E-state index contributed by atoms with van der Waals surface area (Å²) in [6.45, 7) is 6.30. The van der Waals surface area contributed by atoms with E-state index in [2.05, 4.69) is 11.9 Å². The smallest absolute Gasteiger partial charge is 0.748 e. The predicted molar refractivity (Wildman–Crippen MR) is 47.0 cm³/mol. The summed E-state index contributed by atoms with van der Waals surface area (Å²) in [5.41, 5.74) is 0.273. The first kappa shape index (κ1) is 16.5. The Morgan fingerprint density at radius 2 is 2.00 bits per heavy atom. The summed E-state index contributed by atoms with van der Waals surface area (Å²) in [6.07, 6.45) is 0. The number of hydrogen-bond donors (Lipinski definition) is 1. The van der Waals surface area contributed by atoms with Crippen LogP contribution < -0.4 is 34.9 Å². The molecule has 0 saturated heterocycles. The Morgan fingerprint density at radius 1 is 1.57 bits per heavy atom. The minimum Gasteiger partial charge on any atom is -0.748 e. The topological polar surface area (TPSA) is 86.3 Å². The molecule has 0 aliphatic rings. The van der Waals surface area contributed by atoms with Crippen LogP contribution in [0.3, 0.4) is 0 Å². The number of amides is 1. The van der Waals surface area contributed by atoms with Gasteiger partial charge >= 0.3 is 29.6 Å². The Hall–Kier alpha value is 0.120. The first-order chi connectivity index (χ1) is 5.72. The Labute approximate surface area is 106 Å². The molecule has 0 aliphatic carbocycles. The van der Waals surface area contributed by atoms with Gasteiger partial charge in [0, 0.05) is 11.6 Å². The fourth-order valence-electron chi connectivity index (χ4n) is 0.695. The van der Waals surface area contributed by atoms with E-state index in [1.54, 1.807) is 0 Å². The van der Waals surface area contributed by atoms with E-state index in [4.69, 9.17) is 0 Å². The molecule has 0 aromatic carbocycles. The summed E-state index contributed by atoms with van der Waals surface area (Å²) in [5, 5.41) is 2.32. The van der Waals surface area contributed by atoms with Crippen LogP contribution in [0.2, 0.25) is 0 Å². The van der Waals surface area contributed by atoms with Crippen LogP contribution in [0.4, 0.5) is 0 Å². The number of carbonyl (C=O) groups excluding carboxylic acids is 1. The minimum atomic E-state index is -4.29. The molecule has 0 radical (unpaired) electrons. The summed E-state index contributed by atoms with van der Waals surface area (Å²) >= 11 is 0. The van der Waals surface area contributed by atoms with Crippen LogP contribution in [0.25, 0.3) is 0 Å². The van der Waals surface area contributed by atoms with Crippen LogP contribution in [0.5, 0.6) is 0 Å². The first-order valence-corrected chi connectivity index (χ1v) is 5.20. The van der Waals surface area contributed by atoms with E-state index in [9.17, 15) is 17.8 Å². The average Bonchev–Trinajstić information content (AvgIpc) is 1.81. The van der Waals surface area contributed by atoms with Crippen LogP contribution >= 0.6 is 0 Å². The maximum Gasteiger partial charge on any atom is 1.00 e. The minimum absolute atomic E-state index is 0. The van der Waals surface area contributed by atoms with Crippen molar-refractivity contribution >= 4 is 16.0 Å². The average molecular weight is 229 g/mol. The van der Waals surface area contributed by atoms with Gasteiger partial charge in [-0.3, -0.25) is 4.79 Å². The van der Waals surface area contributed by atoms with Gasteiger partial charge in [-0.15, -0.1) is 0 Å². The fraction of sp³-hybridized carbons (Fsp3) is 0.571. The molecule has 1 N–H and O–H groups in total. The molecule has 1 unspecified atom stereocenters. The summed E-state index contributed by atoms with van der Waals surface area (Å²) in [5.74, 6) is -1.05. The second-order valence-corrected chi connectivity index (χ2v) is 4.33. The molecule has 7 heteroatoms. The molecule has 0 rings (SSSR count). The molecule has 0 spiro atoms. The van der Waals surface area contributed by atoms with Crippen molar-refractivity contribution in [3.63, 3.8) is 0 Å². The van der Waals surface area contributed by atoms with Crippen LogP contribution in [0.15, 0.2) is 12.2 Å². The van der Waals surface area contributed by atoms with Crippen LogP contribution in [0.1, 0.15) is 13.8 Å². The maximum atomic E-state index is 10.9. The monoisotopic (exact) mass is 229 g/mol. The molecule has 0 bridgehead atoms. The van der Waals surface area contributed by atoms with Gasteiger partial charge in [-0.2, -0.15) is 0 Å². The van der Waals surface area contributed by atoms with Crippen molar-refractivity contribution in [1.82, 2.24) is 5.32 Å². The van der Waals surface area contributed by atoms with Gasteiger partial charge in [0.25, 0.3) is 0 Å². The third-order valence-corrected chi connectivity index (χ3v) is 2.13. The van der Waals surface area contributed by atoms with Crippen molar-refractivity contribution < 1.29 is 47.3 Å². The van der Waals surface area contributed by atoms with Gasteiger partial charge in [0.2, 0.25) is 5.91 Å². The maximum absolute atomic E-state index is 10.9. The Balaban J connectivity index is 0. The zero-order chi connectivity index (χ0) is 10.6. The van der Waals surface area contributed by atoms with E-state index < -0.39 is 27.8 Å². The normalized spacial score (nSPS) is 12.5. The van der Waals surface area contributed by atoms with E-state index in [0.29, 0.717) is 0 Å². The standard InChI is InChI=1S/C7H13NO4S.Na/c1-5(2)7(9)8-6(3)4-13(10,11)12;/h6H,1,4H2,2-3H3,(H,8,9)(H,10,11,12);/q;+1/p-1. The van der Waals surface area contributed by atoms with Crippen molar-refractivity contribution in [3.05, 3.63) is 12.2 Å². The summed E-state index contributed by atoms with van der Waals surface area (Å²) in [7, 11) is -4.29. The summed E-state index contributed by atoms with van der Waals surface area (Å²) in [6, 6.07) is -0.688. The van der Waals surface area contributed by atoms with Gasteiger partial charge in [0.1, 0.15) is 0 Å². The number of carbonyl (C=O) groups is 1. The molecule has 76 valence electrons. The second-order valence-electron chi connectivity index (χ2n) is 2.88. The molecule has 5 nitrogen and oxygen atoms in total. The van der Waals surface area contributed by atoms with Crippen molar-refractivity contribution in [1.29, 1.82) is 0 Å². The van der Waals surface area contributed by atoms with Crippen LogP contribution in [-0.2, 0) is 14.9 Å². The molecular formula is C7H12NNaO4S. The summed E-state index contributed by atoms with van der Waals surface area (Å²) < 4.78 is 30.8. The van der Waals surface area contributed by atoms with E-state index in [-0.39, 0.29) is 35.1 Å². The van der Waals surface area contributed by atoms with Gasteiger partial charge in [0.05, 0.1) is 15.9 Å². The van der Waals surface area contributed by atoms with Gasteiger partial charge < -0.3 is 9.87 Å². The van der Waals surface area contributed by atoms with Crippen molar-refractivity contribution in [2.45, 2.75) is 19.9 Å². The van der Waals surface area contributed by atoms with Gasteiger partial charge in [-0.1, -0.05) is 6.58 Å². The third kappa shape index (κ3) is 8.71. The largest absolute Gasteiger partial charge is 1.00 e. The molecular weight excluding hydrogens is 217 g/mol. The number of rotatable bonds is 4. The predicted octanol–water partition coefficient (Wildman–Crippen LogP) is -3.38. The van der Waals surface area contributed by atoms with Crippen molar-refractivity contribution in [2.24, 2.45) is 0 Å². The molecule has 0 aliphatic heterocycles. The SMILES string of the molecule is C=C(C)C(=O)NC(C)CS(=O)(=O)[O-].[Na+]. The van der Waals surface area contributed by atoms with Crippen LogP contribution in [0, 0.1) is 0 Å². The first-order valence-electron chi connectivity index (χ1n) is 3.62. The molecule has 0 fully saturated rings. The van der Waals surface area contributed by atoms with E-state index in [1.807, 2.05) is 0 Å². The molecule has 14 heavy (non-hydrogen) atoms. The molecule has 0 saturated carbocycles. The number of hydrogen-bond acceptors (Lipinski definition) is 4. The number of nitrogens with one attached hydrogen (secondary N) is 1. The fourth-order valence-corrected chi connectivity index (χ4v) is 1.39. The Kier molecular flexibility index (Phi) is 7.77. The zero-order valence-corrected chi connectivity index (χ0v) is 11.3. The van der Waals surface area contributed by atoms with Crippen LogP contribution in [-0.4, -0.2) is 30.7 Å². The quantitative estimate of drug-likeness (QED) is 0.309. The van der Waals surface area contributed by atoms with Crippen molar-refractivity contribution in [3.8, 4) is 0 Å². The molecule has 1 amide bonds. The van der Waals surface area contributed by atoms with Gasteiger partial charge in [0.15, 0.2) is 0 Å². The van der Waals surface area contributed by atoms with E-state index in [0.717, 1.165) is 0 Å². The van der Waals surface area contributed by atoms with Gasteiger partial charge in [-0.25, -0.2) is 8.42 Å². The zero-order valence-electron chi connectivity index (χ0n) is 8.53. The Morgan fingerprint density at radius 3 is 2.29 bits per heavy atom. The van der Waals surface area contributed by atoms with E-state index in [1.165, 1.54) is 13.8 Å². The summed E-state index contributed by atoms with van der Waals surface area (Å²) in [4.78, 5) is 10.9. The van der Waals surface area contributed by atoms with Crippen molar-refractivity contribution in [2.75, 3.05) is 5.75 Å². The molecule has 0 aromatic heterocycles. The van der Waals surface area contributed by atoms with Gasteiger partial charge in [-0.05, 0) is 13.8 Å². The molecule has 0 aromatic rings.